The van der Waals surface area contributed by atoms with Crippen molar-refractivity contribution in [3.05, 3.63) is 36.0 Å². The SMILES string of the molecule is CC(C)CNCc1ccc2c(ccn2CC(F)F)c1. The van der Waals surface area contributed by atoms with E-state index in [1.807, 2.05) is 18.2 Å². The first-order valence-electron chi connectivity index (χ1n) is 6.63. The van der Waals surface area contributed by atoms with Crippen LogP contribution in [0.15, 0.2) is 30.5 Å². The normalized spacial score (nSPS) is 11.9. The summed E-state index contributed by atoms with van der Waals surface area (Å²) in [5, 5.41) is 4.40. The Bertz CT molecular complexity index is 532. The molecule has 1 N–H and O–H groups in total. The largest absolute Gasteiger partial charge is 0.342 e. The van der Waals surface area contributed by atoms with Gasteiger partial charge >= 0.3 is 0 Å². The van der Waals surface area contributed by atoms with Gasteiger partial charge in [-0.2, -0.15) is 0 Å². The molecule has 0 saturated heterocycles. The third kappa shape index (κ3) is 3.77. The molecule has 0 aliphatic carbocycles. The van der Waals surface area contributed by atoms with E-state index in [-0.39, 0.29) is 6.54 Å². The van der Waals surface area contributed by atoms with Gasteiger partial charge in [0.2, 0.25) is 0 Å². The van der Waals surface area contributed by atoms with Gasteiger partial charge in [-0.25, -0.2) is 8.78 Å². The van der Waals surface area contributed by atoms with Gasteiger partial charge in [0, 0.05) is 18.3 Å². The van der Waals surface area contributed by atoms with Crippen molar-refractivity contribution in [3.63, 3.8) is 0 Å². The summed E-state index contributed by atoms with van der Waals surface area (Å²) in [6.07, 6.45) is -0.592. The van der Waals surface area contributed by atoms with Crippen LogP contribution in [0.2, 0.25) is 0 Å². The maximum Gasteiger partial charge on any atom is 0.256 e. The number of alkyl halides is 2. The first-order valence-corrected chi connectivity index (χ1v) is 6.63. The predicted molar refractivity (Wildman–Crippen MR) is 74.5 cm³/mol. The lowest BCUT2D eigenvalue weighted by Gasteiger charge is -2.08. The zero-order chi connectivity index (χ0) is 13.8. The second-order valence-electron chi connectivity index (χ2n) is 5.28. The van der Waals surface area contributed by atoms with Crippen molar-refractivity contribution in [2.75, 3.05) is 6.54 Å². The molecule has 1 heterocycles. The molecule has 0 atom stereocenters. The Morgan fingerprint density at radius 1 is 1.21 bits per heavy atom. The van der Waals surface area contributed by atoms with E-state index in [9.17, 15) is 8.78 Å². The molecule has 2 aromatic rings. The molecular formula is C15H20F2N2. The highest BCUT2D eigenvalue weighted by Gasteiger charge is 2.07. The third-order valence-electron chi connectivity index (χ3n) is 3.05. The number of hydrogen-bond acceptors (Lipinski definition) is 1. The Balaban J connectivity index is 2.09. The number of aromatic nitrogens is 1. The highest BCUT2D eigenvalue weighted by molar-refractivity contribution is 5.80. The molecule has 0 aliphatic heterocycles. The van der Waals surface area contributed by atoms with E-state index < -0.39 is 6.43 Å². The Kier molecular flexibility index (Phi) is 4.53. The van der Waals surface area contributed by atoms with Gasteiger partial charge in [0.25, 0.3) is 6.43 Å². The number of fused-ring (bicyclic) bond motifs is 1. The van der Waals surface area contributed by atoms with Gasteiger partial charge in [-0.3, -0.25) is 0 Å². The smallest absolute Gasteiger partial charge is 0.256 e. The maximum absolute atomic E-state index is 12.4. The van der Waals surface area contributed by atoms with E-state index in [4.69, 9.17) is 0 Å². The van der Waals surface area contributed by atoms with Crippen molar-refractivity contribution in [3.8, 4) is 0 Å². The number of rotatable bonds is 6. The Labute approximate surface area is 112 Å². The average molecular weight is 266 g/mol. The van der Waals surface area contributed by atoms with Gasteiger partial charge in [0.15, 0.2) is 0 Å². The minimum absolute atomic E-state index is 0.242. The highest BCUT2D eigenvalue weighted by atomic mass is 19.3. The molecule has 1 aromatic carbocycles. The summed E-state index contributed by atoms with van der Waals surface area (Å²) < 4.78 is 26.4. The van der Waals surface area contributed by atoms with E-state index >= 15 is 0 Å². The number of nitrogens with one attached hydrogen (secondary N) is 1. The van der Waals surface area contributed by atoms with Crippen LogP contribution in [0.5, 0.6) is 0 Å². The molecule has 0 aliphatic rings. The lowest BCUT2D eigenvalue weighted by molar-refractivity contribution is 0.128. The van der Waals surface area contributed by atoms with Crippen molar-refractivity contribution in [1.82, 2.24) is 9.88 Å². The standard InChI is InChI=1S/C15H20F2N2/c1-11(2)8-18-9-12-3-4-14-13(7-12)5-6-19(14)10-15(16)17/h3-7,11,15,18H,8-10H2,1-2H3. The first-order chi connectivity index (χ1) is 9.06. The average Bonchev–Trinajstić information content (AvgIpc) is 2.71. The van der Waals surface area contributed by atoms with E-state index in [2.05, 4.69) is 25.2 Å². The predicted octanol–water partition coefficient (Wildman–Crippen LogP) is 3.65. The number of benzene rings is 1. The second-order valence-corrected chi connectivity index (χ2v) is 5.28. The van der Waals surface area contributed by atoms with Crippen molar-refractivity contribution in [2.24, 2.45) is 5.92 Å². The highest BCUT2D eigenvalue weighted by Crippen LogP contribution is 2.18. The van der Waals surface area contributed by atoms with Crippen LogP contribution in [0, 0.1) is 5.92 Å². The summed E-state index contributed by atoms with van der Waals surface area (Å²) >= 11 is 0. The molecule has 2 nitrogen and oxygen atoms in total. The van der Waals surface area contributed by atoms with Gasteiger partial charge in [0.05, 0.1) is 6.54 Å². The topological polar surface area (TPSA) is 17.0 Å². The number of hydrogen-bond donors (Lipinski definition) is 1. The van der Waals surface area contributed by atoms with Crippen molar-refractivity contribution in [2.45, 2.75) is 33.4 Å². The summed E-state index contributed by atoms with van der Waals surface area (Å²) in [7, 11) is 0. The van der Waals surface area contributed by atoms with Gasteiger partial charge in [0.1, 0.15) is 0 Å². The fourth-order valence-electron chi connectivity index (χ4n) is 2.17. The molecule has 19 heavy (non-hydrogen) atoms. The maximum atomic E-state index is 12.4. The molecule has 0 radical (unpaired) electrons. The summed E-state index contributed by atoms with van der Waals surface area (Å²) in [6, 6.07) is 7.87. The minimum atomic E-state index is -2.32. The van der Waals surface area contributed by atoms with E-state index in [0.29, 0.717) is 5.92 Å². The van der Waals surface area contributed by atoms with Crippen LogP contribution < -0.4 is 5.32 Å². The summed E-state index contributed by atoms with van der Waals surface area (Å²) in [6.45, 7) is 5.88. The minimum Gasteiger partial charge on any atom is -0.342 e. The van der Waals surface area contributed by atoms with Gasteiger partial charge < -0.3 is 9.88 Å². The molecule has 4 heteroatoms. The van der Waals surface area contributed by atoms with E-state index in [0.717, 1.165) is 24.0 Å². The van der Waals surface area contributed by atoms with Crippen LogP contribution in [0.3, 0.4) is 0 Å². The van der Waals surface area contributed by atoms with Crippen LogP contribution >= 0.6 is 0 Å². The molecule has 104 valence electrons. The molecule has 0 fully saturated rings. The molecule has 0 unspecified atom stereocenters. The lowest BCUT2D eigenvalue weighted by Crippen LogP contribution is -2.18. The fourth-order valence-corrected chi connectivity index (χ4v) is 2.17. The monoisotopic (exact) mass is 266 g/mol. The van der Waals surface area contributed by atoms with Crippen LogP contribution in [0.4, 0.5) is 8.78 Å². The van der Waals surface area contributed by atoms with Crippen molar-refractivity contribution in [1.29, 1.82) is 0 Å². The molecule has 2 rings (SSSR count). The summed E-state index contributed by atoms with van der Waals surface area (Å²) in [5.74, 6) is 0.621. The molecule has 0 amide bonds. The number of nitrogens with zero attached hydrogens (tertiary/aromatic N) is 1. The molecule has 0 spiro atoms. The molecule has 1 aromatic heterocycles. The second kappa shape index (κ2) is 6.15. The van der Waals surface area contributed by atoms with Crippen LogP contribution in [-0.2, 0) is 13.1 Å². The summed E-state index contributed by atoms with van der Waals surface area (Å²) in [4.78, 5) is 0. The van der Waals surface area contributed by atoms with Crippen molar-refractivity contribution < 1.29 is 8.78 Å². The van der Waals surface area contributed by atoms with Crippen LogP contribution in [-0.4, -0.2) is 17.5 Å². The van der Waals surface area contributed by atoms with Crippen LogP contribution in [0.1, 0.15) is 19.4 Å². The Morgan fingerprint density at radius 2 is 2.00 bits per heavy atom. The first kappa shape index (κ1) is 14.0. The molecule has 0 saturated carbocycles. The van der Waals surface area contributed by atoms with Gasteiger partial charge in [-0.1, -0.05) is 19.9 Å². The molecular weight excluding hydrogens is 246 g/mol. The zero-order valence-corrected chi connectivity index (χ0v) is 11.4. The van der Waals surface area contributed by atoms with Crippen LogP contribution in [0.25, 0.3) is 10.9 Å². The zero-order valence-electron chi connectivity index (χ0n) is 11.4. The van der Waals surface area contributed by atoms with E-state index in [1.54, 1.807) is 10.8 Å². The Morgan fingerprint density at radius 3 is 2.68 bits per heavy atom. The van der Waals surface area contributed by atoms with Gasteiger partial charge in [-0.05, 0) is 41.6 Å². The Hall–Kier alpha value is -1.42. The number of halogens is 2. The van der Waals surface area contributed by atoms with Gasteiger partial charge in [-0.15, -0.1) is 0 Å². The fraction of sp³-hybridized carbons (Fsp3) is 0.467. The lowest BCUT2D eigenvalue weighted by atomic mass is 10.1. The van der Waals surface area contributed by atoms with Crippen molar-refractivity contribution >= 4 is 10.9 Å². The molecule has 0 bridgehead atoms. The third-order valence-corrected chi connectivity index (χ3v) is 3.05. The van der Waals surface area contributed by atoms with E-state index in [1.165, 1.54) is 5.56 Å². The quantitative estimate of drug-likeness (QED) is 0.844. The summed E-state index contributed by atoms with van der Waals surface area (Å²) in [5.41, 5.74) is 2.05.